The summed E-state index contributed by atoms with van der Waals surface area (Å²) >= 11 is 0. The highest BCUT2D eigenvalue weighted by atomic mass is 16.6. The Morgan fingerprint density at radius 2 is 2.06 bits per heavy atom. The van der Waals surface area contributed by atoms with Crippen LogP contribution >= 0.6 is 0 Å². The molecule has 0 atom stereocenters. The lowest BCUT2D eigenvalue weighted by Crippen LogP contribution is -2.20. The number of carbonyl (C=O) groups excluding carboxylic acids is 1. The third-order valence-electron chi connectivity index (χ3n) is 2.31. The van der Waals surface area contributed by atoms with Crippen LogP contribution in [0.4, 0.5) is 0 Å². The van der Waals surface area contributed by atoms with Crippen molar-refractivity contribution in [3.8, 4) is 5.75 Å². The number of fused-ring (bicyclic) bond motifs is 1. The Labute approximate surface area is 103 Å². The van der Waals surface area contributed by atoms with Crippen LogP contribution in [0.2, 0.25) is 0 Å². The Kier molecular flexibility index (Phi) is 3.45. The number of carbonyl (C=O) groups is 1. The van der Waals surface area contributed by atoms with E-state index in [0.29, 0.717) is 10.9 Å². The molecule has 0 saturated heterocycles. The van der Waals surface area contributed by atoms with E-state index in [4.69, 9.17) is 14.7 Å². The van der Waals surface area contributed by atoms with Gasteiger partial charge in [0.05, 0.1) is 7.11 Å². The Morgan fingerprint density at radius 3 is 2.72 bits per heavy atom. The minimum absolute atomic E-state index is 0.119. The topological polar surface area (TPSA) is 88.9 Å². The van der Waals surface area contributed by atoms with E-state index in [1.807, 2.05) is 0 Å². The average molecular weight is 247 g/mol. The predicted octanol–water partition coefficient (Wildman–Crippen LogP) is 0.370. The van der Waals surface area contributed by atoms with E-state index in [0.717, 1.165) is 0 Å². The first-order valence-corrected chi connectivity index (χ1v) is 5.12. The minimum Gasteiger partial charge on any atom is -0.510 e. The molecule has 92 valence electrons. The summed E-state index contributed by atoms with van der Waals surface area (Å²) in [7, 11) is -0.687. The molecule has 1 aromatic heterocycles. The van der Waals surface area contributed by atoms with Gasteiger partial charge in [0.15, 0.2) is 0 Å². The van der Waals surface area contributed by atoms with Crippen LogP contribution < -0.4 is 4.65 Å². The van der Waals surface area contributed by atoms with Crippen molar-refractivity contribution in [3.63, 3.8) is 0 Å². The zero-order chi connectivity index (χ0) is 13.1. The Morgan fingerprint density at radius 1 is 1.28 bits per heavy atom. The Bertz CT molecular complexity index is 587. The van der Waals surface area contributed by atoms with Gasteiger partial charge in [-0.2, -0.15) is 0 Å². The van der Waals surface area contributed by atoms with Crippen molar-refractivity contribution >= 4 is 24.2 Å². The number of benzene rings is 1. The zero-order valence-corrected chi connectivity index (χ0v) is 9.53. The van der Waals surface area contributed by atoms with Crippen LogP contribution in [0.1, 0.15) is 10.5 Å². The van der Waals surface area contributed by atoms with Gasteiger partial charge in [-0.15, -0.1) is 0 Å². The molecule has 0 radical (unpaired) electrons. The van der Waals surface area contributed by atoms with Gasteiger partial charge in [0.2, 0.25) is 0 Å². The third kappa shape index (κ3) is 2.42. The summed E-state index contributed by atoms with van der Waals surface area (Å²) in [5.74, 6) is -0.399. The molecule has 18 heavy (non-hydrogen) atoms. The summed E-state index contributed by atoms with van der Waals surface area (Å²) in [6.45, 7) is 0. The van der Waals surface area contributed by atoms with Gasteiger partial charge >= 0.3 is 13.3 Å². The molecule has 2 N–H and O–H groups in total. The van der Waals surface area contributed by atoms with Crippen LogP contribution in [-0.4, -0.2) is 35.4 Å². The van der Waals surface area contributed by atoms with Crippen molar-refractivity contribution in [1.29, 1.82) is 0 Å². The first kappa shape index (κ1) is 12.3. The Balaban J connectivity index is 2.54. The Hall–Kier alpha value is -2.12. The maximum absolute atomic E-state index is 11.4. The van der Waals surface area contributed by atoms with Gasteiger partial charge in [-0.3, -0.25) is 0 Å². The molecule has 0 saturated carbocycles. The summed E-state index contributed by atoms with van der Waals surface area (Å²) in [5, 5.41) is 18.3. The molecule has 0 fully saturated rings. The van der Waals surface area contributed by atoms with E-state index in [2.05, 4.69) is 9.72 Å². The zero-order valence-electron chi connectivity index (χ0n) is 9.53. The molecule has 0 aliphatic carbocycles. The number of pyridine rings is 1. The van der Waals surface area contributed by atoms with E-state index in [9.17, 15) is 4.79 Å². The highest BCUT2D eigenvalue weighted by Crippen LogP contribution is 2.24. The van der Waals surface area contributed by atoms with Crippen LogP contribution in [0.5, 0.6) is 5.75 Å². The van der Waals surface area contributed by atoms with E-state index in [-0.39, 0.29) is 11.4 Å². The lowest BCUT2D eigenvalue weighted by Gasteiger charge is -2.08. The van der Waals surface area contributed by atoms with E-state index in [1.165, 1.54) is 19.2 Å². The largest absolute Gasteiger partial charge is 0.707 e. The second kappa shape index (κ2) is 5.03. The van der Waals surface area contributed by atoms with Gasteiger partial charge in [0.25, 0.3) is 0 Å². The van der Waals surface area contributed by atoms with Crippen LogP contribution in [0.25, 0.3) is 10.9 Å². The normalized spacial score (nSPS) is 10.2. The molecule has 2 aromatic rings. The lowest BCUT2D eigenvalue weighted by atomic mass is 10.1. The second-order valence-corrected chi connectivity index (χ2v) is 3.46. The maximum Gasteiger partial charge on any atom is 0.707 e. The fourth-order valence-corrected chi connectivity index (χ4v) is 1.55. The standard InChI is InChI=1S/C11H10BNO5/c1-17-11(14)8-6-5-7-3-2-4-9(10(7)13-8)18-12(15)16/h2-6,15-16H,1H3. The van der Waals surface area contributed by atoms with Crippen molar-refractivity contribution < 1.29 is 24.2 Å². The predicted molar refractivity (Wildman–Crippen MR) is 63.9 cm³/mol. The highest BCUT2D eigenvalue weighted by Gasteiger charge is 2.15. The summed E-state index contributed by atoms with van der Waals surface area (Å²) < 4.78 is 9.36. The fraction of sp³-hybridized carbons (Fsp3) is 0.0909. The quantitative estimate of drug-likeness (QED) is 0.601. The number of hydrogen-bond donors (Lipinski definition) is 2. The van der Waals surface area contributed by atoms with Gasteiger partial charge in [-0.1, -0.05) is 18.2 Å². The van der Waals surface area contributed by atoms with Gasteiger partial charge in [0, 0.05) is 5.39 Å². The number of para-hydroxylation sites is 1. The molecule has 1 aromatic carbocycles. The van der Waals surface area contributed by atoms with Crippen LogP contribution in [0.3, 0.4) is 0 Å². The molecule has 2 rings (SSSR count). The van der Waals surface area contributed by atoms with Crippen molar-refractivity contribution in [2.45, 2.75) is 0 Å². The molecule has 0 spiro atoms. The SMILES string of the molecule is COC(=O)c1ccc2cccc(OB(O)O)c2n1. The van der Waals surface area contributed by atoms with E-state index < -0.39 is 13.3 Å². The average Bonchev–Trinajstić information content (AvgIpc) is 2.37. The maximum atomic E-state index is 11.4. The summed E-state index contributed by atoms with van der Waals surface area (Å²) in [6.07, 6.45) is 0. The number of ether oxygens (including phenoxy) is 1. The number of hydrogen-bond acceptors (Lipinski definition) is 6. The van der Waals surface area contributed by atoms with Crippen molar-refractivity contribution in [2.24, 2.45) is 0 Å². The molecule has 1 heterocycles. The van der Waals surface area contributed by atoms with Crippen LogP contribution in [0, 0.1) is 0 Å². The van der Waals surface area contributed by atoms with Gasteiger partial charge < -0.3 is 19.4 Å². The number of nitrogens with zero attached hydrogens (tertiary/aromatic N) is 1. The molecule has 0 aliphatic rings. The lowest BCUT2D eigenvalue weighted by molar-refractivity contribution is 0.0594. The highest BCUT2D eigenvalue weighted by molar-refractivity contribution is 6.34. The summed E-state index contributed by atoms with van der Waals surface area (Å²) in [6, 6.07) is 8.16. The van der Waals surface area contributed by atoms with Crippen molar-refractivity contribution in [1.82, 2.24) is 4.98 Å². The minimum atomic E-state index is -1.95. The first-order valence-electron chi connectivity index (χ1n) is 5.12. The molecule has 0 bridgehead atoms. The molecule has 0 unspecified atom stereocenters. The van der Waals surface area contributed by atoms with Crippen LogP contribution in [-0.2, 0) is 4.74 Å². The van der Waals surface area contributed by atoms with E-state index >= 15 is 0 Å². The number of rotatable bonds is 3. The number of methoxy groups -OCH3 is 1. The second-order valence-electron chi connectivity index (χ2n) is 3.46. The number of aromatic nitrogens is 1. The smallest absolute Gasteiger partial charge is 0.510 e. The van der Waals surface area contributed by atoms with Crippen molar-refractivity contribution in [2.75, 3.05) is 7.11 Å². The molecule has 6 nitrogen and oxygen atoms in total. The molecular weight excluding hydrogens is 237 g/mol. The fourth-order valence-electron chi connectivity index (χ4n) is 1.55. The first-order chi connectivity index (χ1) is 8.61. The monoisotopic (exact) mass is 247 g/mol. The van der Waals surface area contributed by atoms with Crippen molar-refractivity contribution in [3.05, 3.63) is 36.0 Å². The molecule has 0 amide bonds. The molecule has 7 heteroatoms. The molecule has 0 aliphatic heterocycles. The van der Waals surface area contributed by atoms with Crippen LogP contribution in [0.15, 0.2) is 30.3 Å². The van der Waals surface area contributed by atoms with Gasteiger partial charge in [-0.25, -0.2) is 9.78 Å². The van der Waals surface area contributed by atoms with E-state index in [1.54, 1.807) is 18.2 Å². The summed E-state index contributed by atoms with van der Waals surface area (Å²) in [5.41, 5.74) is 0.474. The van der Waals surface area contributed by atoms with Gasteiger partial charge in [-0.05, 0) is 12.1 Å². The summed E-state index contributed by atoms with van der Waals surface area (Å²) in [4.78, 5) is 15.4. The number of esters is 1. The molecular formula is C11H10BNO5. The van der Waals surface area contributed by atoms with Gasteiger partial charge in [0.1, 0.15) is 17.0 Å². The third-order valence-corrected chi connectivity index (χ3v) is 2.31.